The minimum Gasteiger partial charge on any atom is -0.394 e. The molecule has 3 rings (SSSR count). The number of carbonyl (C=O) groups is 1. The molecule has 0 aliphatic carbocycles. The Morgan fingerprint density at radius 1 is 1.15 bits per heavy atom. The minimum atomic E-state index is -4.00. The Balaban J connectivity index is 1.75. The number of nitrogens with one attached hydrogen (secondary N) is 2. The van der Waals surface area contributed by atoms with E-state index in [1.54, 1.807) is 30.5 Å². The average molecular weight is 406 g/mol. The summed E-state index contributed by atoms with van der Waals surface area (Å²) >= 11 is 5.75. The van der Waals surface area contributed by atoms with Gasteiger partial charge in [-0.1, -0.05) is 17.7 Å². The maximum Gasteiger partial charge on any atom is 0.244 e. The van der Waals surface area contributed by atoms with Gasteiger partial charge < -0.3 is 10.4 Å². The van der Waals surface area contributed by atoms with E-state index < -0.39 is 28.6 Å². The van der Waals surface area contributed by atoms with Crippen molar-refractivity contribution in [3.63, 3.8) is 0 Å². The summed E-state index contributed by atoms with van der Waals surface area (Å²) < 4.78 is 27.0. The van der Waals surface area contributed by atoms with Crippen molar-refractivity contribution in [3.05, 3.63) is 65.8 Å². The van der Waals surface area contributed by atoms with Gasteiger partial charge in [0.05, 0.1) is 17.0 Å². The summed E-state index contributed by atoms with van der Waals surface area (Å²) in [5.74, 6) is -0.682. The van der Waals surface area contributed by atoms with Gasteiger partial charge in [-0.05, 0) is 48.5 Å². The Labute approximate surface area is 161 Å². The van der Waals surface area contributed by atoms with Crippen molar-refractivity contribution in [3.8, 4) is 0 Å². The highest BCUT2D eigenvalue weighted by atomic mass is 35.5. The largest absolute Gasteiger partial charge is 0.394 e. The number of aliphatic hydroxyl groups is 1. The standard InChI is InChI=1S/C18H16ClN3O4S/c19-13-3-6-15(7-4-13)27(25,26)22-17(11-23)18(24)21-14-5-8-16-12(10-14)2-1-9-20-16/h1-10,17,22-23H,11H2,(H,21,24)/t17-/m0/s1. The molecule has 0 saturated carbocycles. The molecule has 3 aromatic rings. The molecular weight excluding hydrogens is 390 g/mol. The summed E-state index contributed by atoms with van der Waals surface area (Å²) in [6, 6.07) is 12.8. The van der Waals surface area contributed by atoms with Crippen LogP contribution in [-0.2, 0) is 14.8 Å². The second-order valence-electron chi connectivity index (χ2n) is 5.71. The second-order valence-corrected chi connectivity index (χ2v) is 7.86. The van der Waals surface area contributed by atoms with Gasteiger partial charge in [0.1, 0.15) is 6.04 Å². The normalized spacial score (nSPS) is 12.7. The lowest BCUT2D eigenvalue weighted by Crippen LogP contribution is -2.46. The van der Waals surface area contributed by atoms with E-state index in [1.165, 1.54) is 24.3 Å². The number of sulfonamides is 1. The number of hydrogen-bond acceptors (Lipinski definition) is 5. The first-order valence-corrected chi connectivity index (χ1v) is 9.79. The monoisotopic (exact) mass is 405 g/mol. The third-order valence-electron chi connectivity index (χ3n) is 3.79. The quantitative estimate of drug-likeness (QED) is 0.582. The molecule has 3 N–H and O–H groups in total. The van der Waals surface area contributed by atoms with Gasteiger partial charge >= 0.3 is 0 Å². The fraction of sp³-hybridized carbons (Fsp3) is 0.111. The molecule has 0 aliphatic heterocycles. The molecule has 1 aromatic heterocycles. The molecule has 140 valence electrons. The number of rotatable bonds is 6. The minimum absolute atomic E-state index is 0.0603. The summed E-state index contributed by atoms with van der Waals surface area (Å²) in [5.41, 5.74) is 1.22. The number of aromatic nitrogens is 1. The molecule has 27 heavy (non-hydrogen) atoms. The molecule has 7 nitrogen and oxygen atoms in total. The number of hydrogen-bond donors (Lipinski definition) is 3. The second kappa shape index (κ2) is 8.01. The Hall–Kier alpha value is -2.52. The summed E-state index contributed by atoms with van der Waals surface area (Å²) in [7, 11) is -4.00. The maximum absolute atomic E-state index is 12.4. The van der Waals surface area contributed by atoms with Crippen molar-refractivity contribution in [2.45, 2.75) is 10.9 Å². The number of pyridine rings is 1. The Morgan fingerprint density at radius 3 is 2.59 bits per heavy atom. The Kier molecular flexibility index (Phi) is 5.71. The van der Waals surface area contributed by atoms with Crippen molar-refractivity contribution in [2.75, 3.05) is 11.9 Å². The van der Waals surface area contributed by atoms with Gasteiger partial charge in [0, 0.05) is 22.3 Å². The number of fused-ring (bicyclic) bond motifs is 1. The number of aliphatic hydroxyl groups excluding tert-OH is 1. The molecule has 0 fully saturated rings. The van der Waals surface area contributed by atoms with Crippen molar-refractivity contribution in [1.82, 2.24) is 9.71 Å². The van der Waals surface area contributed by atoms with Crippen LogP contribution in [0.25, 0.3) is 10.9 Å². The molecule has 1 amide bonds. The lowest BCUT2D eigenvalue weighted by molar-refractivity contribution is -0.118. The topological polar surface area (TPSA) is 108 Å². The lowest BCUT2D eigenvalue weighted by atomic mass is 10.2. The number of benzene rings is 2. The summed E-state index contributed by atoms with van der Waals surface area (Å²) in [6.45, 7) is -0.701. The van der Waals surface area contributed by atoms with E-state index in [0.29, 0.717) is 10.7 Å². The zero-order valence-corrected chi connectivity index (χ0v) is 15.5. The lowest BCUT2D eigenvalue weighted by Gasteiger charge is -2.16. The SMILES string of the molecule is O=C(Nc1ccc2ncccc2c1)[C@H](CO)NS(=O)(=O)c1ccc(Cl)cc1. The van der Waals surface area contributed by atoms with Crippen molar-refractivity contribution in [2.24, 2.45) is 0 Å². The Bertz CT molecular complexity index is 1070. The van der Waals surface area contributed by atoms with Crippen LogP contribution in [0.5, 0.6) is 0 Å². The highest BCUT2D eigenvalue weighted by Gasteiger charge is 2.25. The maximum atomic E-state index is 12.4. The van der Waals surface area contributed by atoms with Crippen LogP contribution in [0, 0.1) is 0 Å². The van der Waals surface area contributed by atoms with E-state index in [1.807, 2.05) is 6.07 Å². The van der Waals surface area contributed by atoms with Crippen LogP contribution >= 0.6 is 11.6 Å². The third-order valence-corrected chi connectivity index (χ3v) is 5.53. The van der Waals surface area contributed by atoms with Crippen molar-refractivity contribution < 1.29 is 18.3 Å². The van der Waals surface area contributed by atoms with Crippen LogP contribution in [0.1, 0.15) is 0 Å². The first kappa shape index (κ1) is 19.2. The predicted molar refractivity (Wildman–Crippen MR) is 103 cm³/mol. The van der Waals surface area contributed by atoms with E-state index in [0.717, 1.165) is 10.9 Å². The number of nitrogens with zero attached hydrogens (tertiary/aromatic N) is 1. The number of anilines is 1. The molecule has 0 spiro atoms. The Morgan fingerprint density at radius 2 is 1.89 bits per heavy atom. The summed E-state index contributed by atoms with van der Waals surface area (Å²) in [4.78, 5) is 16.5. The van der Waals surface area contributed by atoms with Gasteiger partial charge in [-0.15, -0.1) is 0 Å². The fourth-order valence-electron chi connectivity index (χ4n) is 2.43. The molecule has 1 heterocycles. The van der Waals surface area contributed by atoms with Crippen LogP contribution in [0.2, 0.25) is 5.02 Å². The zero-order valence-electron chi connectivity index (χ0n) is 14.0. The molecule has 9 heteroatoms. The number of amides is 1. The molecule has 0 saturated heterocycles. The molecule has 2 aromatic carbocycles. The van der Waals surface area contributed by atoms with Gasteiger partial charge in [-0.2, -0.15) is 4.72 Å². The van der Waals surface area contributed by atoms with E-state index >= 15 is 0 Å². The van der Waals surface area contributed by atoms with Gasteiger partial charge in [0.25, 0.3) is 0 Å². The van der Waals surface area contributed by atoms with Crippen LogP contribution in [0.3, 0.4) is 0 Å². The van der Waals surface area contributed by atoms with Gasteiger partial charge in [-0.3, -0.25) is 9.78 Å². The third kappa shape index (κ3) is 4.61. The van der Waals surface area contributed by atoms with Gasteiger partial charge in [0.2, 0.25) is 15.9 Å². The highest BCUT2D eigenvalue weighted by molar-refractivity contribution is 7.89. The number of carbonyl (C=O) groups excluding carboxylic acids is 1. The predicted octanol–water partition coefficient (Wildman–Crippen LogP) is 2.17. The van der Waals surface area contributed by atoms with E-state index in [2.05, 4.69) is 15.0 Å². The van der Waals surface area contributed by atoms with Crippen LogP contribution in [0.4, 0.5) is 5.69 Å². The van der Waals surface area contributed by atoms with Crippen molar-refractivity contribution in [1.29, 1.82) is 0 Å². The number of halogens is 1. The van der Waals surface area contributed by atoms with E-state index in [-0.39, 0.29) is 4.90 Å². The molecular formula is C18H16ClN3O4S. The van der Waals surface area contributed by atoms with Gasteiger partial charge in [-0.25, -0.2) is 8.42 Å². The molecule has 0 aliphatic rings. The van der Waals surface area contributed by atoms with Crippen LogP contribution in [0.15, 0.2) is 65.7 Å². The highest BCUT2D eigenvalue weighted by Crippen LogP contribution is 2.18. The van der Waals surface area contributed by atoms with E-state index in [9.17, 15) is 18.3 Å². The molecule has 1 atom stereocenters. The van der Waals surface area contributed by atoms with E-state index in [4.69, 9.17) is 11.6 Å². The first-order valence-electron chi connectivity index (χ1n) is 7.93. The first-order chi connectivity index (χ1) is 12.9. The molecule has 0 radical (unpaired) electrons. The van der Waals surface area contributed by atoms with Crippen molar-refractivity contribution >= 4 is 44.1 Å². The molecule has 0 bridgehead atoms. The summed E-state index contributed by atoms with van der Waals surface area (Å²) in [5, 5.41) is 13.3. The smallest absolute Gasteiger partial charge is 0.244 e. The van der Waals surface area contributed by atoms with Crippen LogP contribution < -0.4 is 10.0 Å². The molecule has 0 unspecified atom stereocenters. The van der Waals surface area contributed by atoms with Crippen LogP contribution in [-0.4, -0.2) is 37.1 Å². The average Bonchev–Trinajstić information content (AvgIpc) is 2.66. The van der Waals surface area contributed by atoms with Gasteiger partial charge in [0.15, 0.2) is 0 Å². The zero-order chi connectivity index (χ0) is 19.4. The fourth-order valence-corrected chi connectivity index (χ4v) is 3.74. The summed E-state index contributed by atoms with van der Waals surface area (Å²) in [6.07, 6.45) is 1.66.